The van der Waals surface area contributed by atoms with E-state index in [1.54, 1.807) is 7.05 Å². The van der Waals surface area contributed by atoms with Gasteiger partial charge in [-0.1, -0.05) is 0 Å². The predicted molar refractivity (Wildman–Crippen MR) is 123 cm³/mol. The van der Waals surface area contributed by atoms with Gasteiger partial charge in [-0.15, -0.1) is 35.3 Å². The molecule has 0 fully saturated rings. The van der Waals surface area contributed by atoms with Crippen molar-refractivity contribution in [3.05, 3.63) is 51.0 Å². The van der Waals surface area contributed by atoms with E-state index in [9.17, 15) is 4.39 Å². The molecular formula is C20H27FIN3O2S. The van der Waals surface area contributed by atoms with Crippen LogP contribution in [0.1, 0.15) is 27.8 Å². The van der Waals surface area contributed by atoms with Gasteiger partial charge in [0.1, 0.15) is 11.6 Å². The molecule has 0 bridgehead atoms. The average Bonchev–Trinajstić information content (AvgIpc) is 3.05. The number of aliphatic imine (C=N–C) groups is 1. The minimum absolute atomic E-state index is 0. The monoisotopic (exact) mass is 519 g/mol. The van der Waals surface area contributed by atoms with Crippen LogP contribution >= 0.6 is 35.3 Å². The third-order valence-corrected chi connectivity index (χ3v) is 5.37. The lowest BCUT2D eigenvalue weighted by Crippen LogP contribution is -2.43. The molecule has 2 aromatic rings. The predicted octanol–water partition coefficient (Wildman–Crippen LogP) is 4.02. The minimum atomic E-state index is -0.264. The van der Waals surface area contributed by atoms with E-state index in [0.29, 0.717) is 19.6 Å². The van der Waals surface area contributed by atoms with Crippen molar-refractivity contribution in [3.8, 4) is 5.75 Å². The van der Waals surface area contributed by atoms with Gasteiger partial charge in [-0.2, -0.15) is 0 Å². The molecule has 8 heteroatoms. The topological polar surface area (TPSA) is 54.9 Å². The Balaban J connectivity index is 0.00000280. The largest absolute Gasteiger partial charge is 0.467 e. The summed E-state index contributed by atoms with van der Waals surface area (Å²) in [5.74, 6) is 1.22. The molecule has 1 aliphatic heterocycles. The highest BCUT2D eigenvalue weighted by Gasteiger charge is 2.17. The Morgan fingerprint density at radius 1 is 1.36 bits per heavy atom. The van der Waals surface area contributed by atoms with Gasteiger partial charge in [0.05, 0.1) is 6.61 Å². The maximum Gasteiger partial charge on any atom is 0.191 e. The Morgan fingerprint density at radius 2 is 2.18 bits per heavy atom. The van der Waals surface area contributed by atoms with Gasteiger partial charge in [0, 0.05) is 41.4 Å². The molecule has 0 amide bonds. The van der Waals surface area contributed by atoms with Gasteiger partial charge >= 0.3 is 0 Å². The number of halogens is 2. The van der Waals surface area contributed by atoms with Crippen LogP contribution in [0.4, 0.5) is 4.39 Å². The van der Waals surface area contributed by atoms with Gasteiger partial charge in [0.25, 0.3) is 0 Å². The summed E-state index contributed by atoms with van der Waals surface area (Å²) in [6, 6.07) is 7.58. The second kappa shape index (κ2) is 11.0. The van der Waals surface area contributed by atoms with Crippen LogP contribution in [-0.4, -0.2) is 32.4 Å². The lowest BCUT2D eigenvalue weighted by molar-refractivity contribution is -0.0172. The van der Waals surface area contributed by atoms with Crippen molar-refractivity contribution >= 4 is 41.3 Å². The highest BCUT2D eigenvalue weighted by atomic mass is 127. The maximum atomic E-state index is 13.8. The second-order valence-corrected chi connectivity index (χ2v) is 8.05. The van der Waals surface area contributed by atoms with E-state index in [4.69, 9.17) is 9.47 Å². The first-order chi connectivity index (χ1) is 13.0. The fourth-order valence-electron chi connectivity index (χ4n) is 3.13. The number of guanidine groups is 1. The molecule has 28 heavy (non-hydrogen) atoms. The number of thiophene rings is 1. The summed E-state index contributed by atoms with van der Waals surface area (Å²) < 4.78 is 24.6. The highest BCUT2D eigenvalue weighted by molar-refractivity contribution is 14.0. The molecule has 1 unspecified atom stereocenters. The van der Waals surface area contributed by atoms with E-state index in [0.717, 1.165) is 29.3 Å². The first kappa shape index (κ1) is 22.9. The molecule has 5 nitrogen and oxygen atoms in total. The SMILES string of the molecule is CN=C(NCCc1cc(F)cc2c1OCOC2)NC(C)Cc1ccc(C)s1.I. The Kier molecular flexibility index (Phi) is 8.97. The zero-order valence-corrected chi connectivity index (χ0v) is 19.5. The van der Waals surface area contributed by atoms with Crippen molar-refractivity contribution < 1.29 is 13.9 Å². The summed E-state index contributed by atoms with van der Waals surface area (Å²) in [5, 5.41) is 6.70. The molecule has 1 aromatic carbocycles. The van der Waals surface area contributed by atoms with Crippen LogP contribution < -0.4 is 15.4 Å². The second-order valence-electron chi connectivity index (χ2n) is 6.67. The Labute approximate surface area is 186 Å². The smallest absolute Gasteiger partial charge is 0.191 e. The number of hydrogen-bond donors (Lipinski definition) is 2. The number of rotatable bonds is 6. The quantitative estimate of drug-likeness (QED) is 0.344. The number of benzene rings is 1. The van der Waals surface area contributed by atoms with Gasteiger partial charge in [0.2, 0.25) is 0 Å². The van der Waals surface area contributed by atoms with E-state index >= 15 is 0 Å². The van der Waals surface area contributed by atoms with Crippen molar-refractivity contribution in [1.82, 2.24) is 10.6 Å². The van der Waals surface area contributed by atoms with Crippen LogP contribution in [0, 0.1) is 12.7 Å². The molecule has 1 aliphatic rings. The van der Waals surface area contributed by atoms with Crippen molar-refractivity contribution in [1.29, 1.82) is 0 Å². The lowest BCUT2D eigenvalue weighted by Gasteiger charge is -2.21. The van der Waals surface area contributed by atoms with Crippen molar-refractivity contribution in [2.45, 2.75) is 39.3 Å². The molecule has 0 radical (unpaired) electrons. The maximum absolute atomic E-state index is 13.8. The van der Waals surface area contributed by atoms with Gasteiger partial charge in [-0.05, 0) is 50.1 Å². The first-order valence-electron chi connectivity index (χ1n) is 9.09. The van der Waals surface area contributed by atoms with Crippen molar-refractivity contribution in [2.75, 3.05) is 20.4 Å². The summed E-state index contributed by atoms with van der Waals surface area (Å²) >= 11 is 1.82. The van der Waals surface area contributed by atoms with E-state index in [1.165, 1.54) is 21.9 Å². The Morgan fingerprint density at radius 3 is 2.89 bits per heavy atom. The van der Waals surface area contributed by atoms with Crippen LogP contribution in [0.3, 0.4) is 0 Å². The molecule has 0 saturated carbocycles. The number of ether oxygens (including phenoxy) is 2. The third-order valence-electron chi connectivity index (χ3n) is 4.35. The van der Waals surface area contributed by atoms with Crippen molar-refractivity contribution in [3.63, 3.8) is 0 Å². The van der Waals surface area contributed by atoms with Gasteiger partial charge in [0.15, 0.2) is 12.8 Å². The summed E-state index contributed by atoms with van der Waals surface area (Å²) in [5.41, 5.74) is 1.61. The lowest BCUT2D eigenvalue weighted by atomic mass is 10.1. The molecule has 154 valence electrons. The van der Waals surface area contributed by atoms with Gasteiger partial charge < -0.3 is 20.1 Å². The third kappa shape index (κ3) is 6.31. The average molecular weight is 519 g/mol. The van der Waals surface area contributed by atoms with Crippen LogP contribution in [0.15, 0.2) is 29.3 Å². The Hall–Kier alpha value is -1.39. The molecular weight excluding hydrogens is 492 g/mol. The zero-order chi connectivity index (χ0) is 19.2. The van der Waals surface area contributed by atoms with Crippen LogP contribution in [-0.2, 0) is 24.2 Å². The standard InChI is InChI=1S/C20H26FN3O2S.HI/c1-13(8-18-5-4-14(2)27-18)24-20(22-3)23-7-6-15-9-17(21)10-16-11-25-12-26-19(15)16;/h4-5,9-10,13H,6-8,11-12H2,1-3H3,(H2,22,23,24);1H. The molecule has 0 saturated heterocycles. The van der Waals surface area contributed by atoms with E-state index in [1.807, 2.05) is 11.3 Å². The summed E-state index contributed by atoms with van der Waals surface area (Å²) in [6.07, 6.45) is 1.59. The highest BCUT2D eigenvalue weighted by Crippen LogP contribution is 2.29. The number of nitrogens with zero attached hydrogens (tertiary/aromatic N) is 1. The van der Waals surface area contributed by atoms with Crippen molar-refractivity contribution in [2.24, 2.45) is 4.99 Å². The summed E-state index contributed by atoms with van der Waals surface area (Å²) in [4.78, 5) is 6.96. The number of nitrogens with one attached hydrogen (secondary N) is 2. The van der Waals surface area contributed by atoms with Crippen LogP contribution in [0.25, 0.3) is 0 Å². The first-order valence-corrected chi connectivity index (χ1v) is 9.91. The fraction of sp³-hybridized carbons (Fsp3) is 0.450. The van der Waals surface area contributed by atoms with Crippen LogP contribution in [0.5, 0.6) is 5.75 Å². The normalized spacial score (nSPS) is 14.5. The zero-order valence-electron chi connectivity index (χ0n) is 16.4. The summed E-state index contributed by atoms with van der Waals surface area (Å²) in [7, 11) is 1.75. The fourth-order valence-corrected chi connectivity index (χ4v) is 4.15. The minimum Gasteiger partial charge on any atom is -0.467 e. The molecule has 2 heterocycles. The van der Waals surface area contributed by atoms with E-state index in [2.05, 4.69) is 41.6 Å². The molecule has 3 rings (SSSR count). The van der Waals surface area contributed by atoms with Crippen LogP contribution in [0.2, 0.25) is 0 Å². The number of hydrogen-bond acceptors (Lipinski definition) is 4. The van der Waals surface area contributed by atoms with Gasteiger partial charge in [-0.3, -0.25) is 4.99 Å². The molecule has 1 aromatic heterocycles. The van der Waals surface area contributed by atoms with E-state index < -0.39 is 0 Å². The molecule has 2 N–H and O–H groups in total. The molecule has 1 atom stereocenters. The number of fused-ring (bicyclic) bond motifs is 1. The Bertz CT molecular complexity index is 813. The van der Waals surface area contributed by atoms with Gasteiger partial charge in [-0.25, -0.2) is 4.39 Å². The molecule has 0 spiro atoms. The van der Waals surface area contributed by atoms with E-state index in [-0.39, 0.29) is 42.6 Å². The summed E-state index contributed by atoms with van der Waals surface area (Å²) in [6.45, 7) is 5.48. The molecule has 0 aliphatic carbocycles. The number of aryl methyl sites for hydroxylation is 1.